The van der Waals surface area contributed by atoms with Gasteiger partial charge in [0.25, 0.3) is 0 Å². The first-order valence-electron chi connectivity index (χ1n) is 4.35. The van der Waals surface area contributed by atoms with Crippen molar-refractivity contribution < 1.29 is 23.9 Å². The standard InChI is InChI=1S/C9H13FO4/c1-7(2-4-11)6-8(3-5-12)9(13)14-10/h4-5,7-8H,2-3,6H2,1H3. The Bertz CT molecular complexity index is 205. The first-order valence-corrected chi connectivity index (χ1v) is 4.35. The van der Waals surface area contributed by atoms with Gasteiger partial charge in [-0.05, 0) is 12.3 Å². The van der Waals surface area contributed by atoms with Crippen LogP contribution in [0.5, 0.6) is 0 Å². The normalized spacial score (nSPS) is 14.1. The van der Waals surface area contributed by atoms with Crippen LogP contribution in [0.15, 0.2) is 0 Å². The fraction of sp³-hybridized carbons (Fsp3) is 0.667. The molecular weight excluding hydrogens is 191 g/mol. The SMILES string of the molecule is CC(CC=O)CC(CC=O)C(=O)OF. The summed E-state index contributed by atoms with van der Waals surface area (Å²) in [6.45, 7) is 1.75. The molecule has 2 atom stereocenters. The first kappa shape index (κ1) is 12.7. The second kappa shape index (κ2) is 7.17. The molecule has 0 aliphatic heterocycles. The highest BCUT2D eigenvalue weighted by molar-refractivity contribution is 5.75. The third-order valence-electron chi connectivity index (χ3n) is 1.98. The summed E-state index contributed by atoms with van der Waals surface area (Å²) >= 11 is 0. The number of hydrogen-bond donors (Lipinski definition) is 0. The summed E-state index contributed by atoms with van der Waals surface area (Å²) < 4.78 is 11.6. The lowest BCUT2D eigenvalue weighted by Crippen LogP contribution is -2.18. The molecule has 0 radical (unpaired) electrons. The molecule has 0 fully saturated rings. The summed E-state index contributed by atoms with van der Waals surface area (Å²) in [4.78, 5) is 34.2. The zero-order valence-corrected chi connectivity index (χ0v) is 7.94. The molecule has 0 bridgehead atoms. The van der Waals surface area contributed by atoms with Gasteiger partial charge < -0.3 is 9.59 Å². The number of carbonyl (C=O) groups is 3. The Balaban J connectivity index is 4.13. The molecule has 0 aromatic rings. The zero-order valence-electron chi connectivity index (χ0n) is 7.94. The van der Waals surface area contributed by atoms with Crippen molar-refractivity contribution in [1.29, 1.82) is 0 Å². The molecule has 5 heteroatoms. The van der Waals surface area contributed by atoms with E-state index in [0.717, 1.165) is 6.29 Å². The average Bonchev–Trinajstić information content (AvgIpc) is 2.16. The number of carbonyl (C=O) groups excluding carboxylic acids is 3. The molecule has 0 aromatic carbocycles. The molecule has 0 saturated carbocycles. The molecule has 80 valence electrons. The molecule has 0 saturated heterocycles. The van der Waals surface area contributed by atoms with Crippen LogP contribution >= 0.6 is 0 Å². The lowest BCUT2D eigenvalue weighted by molar-refractivity contribution is -0.190. The van der Waals surface area contributed by atoms with Crippen LogP contribution in [0.4, 0.5) is 4.53 Å². The van der Waals surface area contributed by atoms with Gasteiger partial charge in [-0.2, -0.15) is 0 Å². The number of rotatable bonds is 7. The van der Waals surface area contributed by atoms with Gasteiger partial charge in [-0.3, -0.25) is 4.94 Å². The van der Waals surface area contributed by atoms with E-state index in [9.17, 15) is 18.9 Å². The van der Waals surface area contributed by atoms with E-state index in [-0.39, 0.29) is 25.2 Å². The Labute approximate surface area is 81.3 Å². The number of hydrogen-bond acceptors (Lipinski definition) is 4. The number of halogens is 1. The Kier molecular flexibility index (Phi) is 6.53. The second-order valence-corrected chi connectivity index (χ2v) is 3.24. The highest BCUT2D eigenvalue weighted by Gasteiger charge is 2.22. The van der Waals surface area contributed by atoms with Gasteiger partial charge in [-0.1, -0.05) is 6.92 Å². The van der Waals surface area contributed by atoms with Crippen molar-refractivity contribution in [3.63, 3.8) is 0 Å². The van der Waals surface area contributed by atoms with Crippen molar-refractivity contribution in [1.82, 2.24) is 0 Å². The first-order chi connectivity index (χ1) is 6.65. The summed E-state index contributed by atoms with van der Waals surface area (Å²) in [7, 11) is 0. The Morgan fingerprint density at radius 3 is 2.36 bits per heavy atom. The molecule has 14 heavy (non-hydrogen) atoms. The summed E-state index contributed by atoms with van der Waals surface area (Å²) in [5, 5.41) is 0. The third kappa shape index (κ3) is 4.69. The van der Waals surface area contributed by atoms with Crippen molar-refractivity contribution in [3.05, 3.63) is 0 Å². The molecule has 0 rings (SSSR count). The second-order valence-electron chi connectivity index (χ2n) is 3.24. The van der Waals surface area contributed by atoms with Crippen molar-refractivity contribution in [2.45, 2.75) is 26.2 Å². The van der Waals surface area contributed by atoms with E-state index >= 15 is 0 Å². The smallest absolute Gasteiger partial charge is 0.303 e. The van der Waals surface area contributed by atoms with Gasteiger partial charge in [0.1, 0.15) is 12.6 Å². The van der Waals surface area contributed by atoms with Gasteiger partial charge in [-0.15, -0.1) is 0 Å². The van der Waals surface area contributed by atoms with Crippen LogP contribution in [0, 0.1) is 11.8 Å². The van der Waals surface area contributed by atoms with Crippen LogP contribution in [0.25, 0.3) is 0 Å². The largest absolute Gasteiger partial charge is 0.352 e. The van der Waals surface area contributed by atoms with Gasteiger partial charge >= 0.3 is 5.97 Å². The maximum absolute atomic E-state index is 11.6. The lowest BCUT2D eigenvalue weighted by Gasteiger charge is -2.13. The fourth-order valence-corrected chi connectivity index (χ4v) is 1.21. The van der Waals surface area contributed by atoms with E-state index in [1.54, 1.807) is 6.92 Å². The summed E-state index contributed by atoms with van der Waals surface area (Å²) in [5.74, 6) is -1.89. The summed E-state index contributed by atoms with van der Waals surface area (Å²) in [6, 6.07) is 0. The molecule has 0 aliphatic rings. The van der Waals surface area contributed by atoms with Crippen molar-refractivity contribution in [2.24, 2.45) is 11.8 Å². The quantitative estimate of drug-likeness (QED) is 0.585. The highest BCUT2D eigenvalue weighted by Crippen LogP contribution is 2.18. The van der Waals surface area contributed by atoms with E-state index in [2.05, 4.69) is 4.94 Å². The molecule has 0 spiro atoms. The predicted octanol–water partition coefficient (Wildman–Crippen LogP) is 1.23. The van der Waals surface area contributed by atoms with E-state index in [4.69, 9.17) is 0 Å². The van der Waals surface area contributed by atoms with E-state index < -0.39 is 11.9 Å². The van der Waals surface area contributed by atoms with Gasteiger partial charge in [-0.25, -0.2) is 4.79 Å². The van der Waals surface area contributed by atoms with Crippen LogP contribution in [-0.2, 0) is 19.3 Å². The van der Waals surface area contributed by atoms with E-state index in [0.29, 0.717) is 6.29 Å². The maximum Gasteiger partial charge on any atom is 0.352 e. The third-order valence-corrected chi connectivity index (χ3v) is 1.98. The molecule has 0 heterocycles. The van der Waals surface area contributed by atoms with Gasteiger partial charge in [0.15, 0.2) is 0 Å². The van der Waals surface area contributed by atoms with Crippen LogP contribution in [0.1, 0.15) is 26.2 Å². The van der Waals surface area contributed by atoms with Crippen molar-refractivity contribution >= 4 is 18.5 Å². The predicted molar refractivity (Wildman–Crippen MR) is 45.8 cm³/mol. The van der Waals surface area contributed by atoms with Gasteiger partial charge in [0.05, 0.1) is 5.92 Å². The van der Waals surface area contributed by atoms with Crippen LogP contribution in [-0.4, -0.2) is 18.5 Å². The maximum atomic E-state index is 11.6. The zero-order chi connectivity index (χ0) is 11.0. The topological polar surface area (TPSA) is 60.4 Å². The number of aldehydes is 2. The molecular formula is C9H13FO4. The highest BCUT2D eigenvalue weighted by atomic mass is 19.3. The summed E-state index contributed by atoms with van der Waals surface area (Å²) in [6.07, 6.45) is 1.75. The molecule has 0 aliphatic carbocycles. The van der Waals surface area contributed by atoms with Crippen LogP contribution < -0.4 is 0 Å². The van der Waals surface area contributed by atoms with Crippen molar-refractivity contribution in [2.75, 3.05) is 0 Å². The summed E-state index contributed by atoms with van der Waals surface area (Å²) in [5.41, 5.74) is 0. The fourth-order valence-electron chi connectivity index (χ4n) is 1.21. The monoisotopic (exact) mass is 204 g/mol. The molecule has 0 aromatic heterocycles. The Hall–Kier alpha value is -1.26. The average molecular weight is 204 g/mol. The van der Waals surface area contributed by atoms with Crippen LogP contribution in [0.2, 0.25) is 0 Å². The minimum atomic E-state index is -1.05. The molecule has 2 unspecified atom stereocenters. The van der Waals surface area contributed by atoms with Crippen molar-refractivity contribution in [3.8, 4) is 0 Å². The van der Waals surface area contributed by atoms with E-state index in [1.807, 2.05) is 0 Å². The van der Waals surface area contributed by atoms with Gasteiger partial charge in [0.2, 0.25) is 0 Å². The molecule has 0 N–H and O–H groups in total. The molecule has 0 amide bonds. The molecule has 4 nitrogen and oxygen atoms in total. The van der Waals surface area contributed by atoms with Gasteiger partial charge in [0, 0.05) is 17.4 Å². The Morgan fingerprint density at radius 2 is 1.93 bits per heavy atom. The minimum absolute atomic E-state index is 0.0588. The Morgan fingerprint density at radius 1 is 1.36 bits per heavy atom. The minimum Gasteiger partial charge on any atom is -0.303 e. The van der Waals surface area contributed by atoms with E-state index in [1.165, 1.54) is 0 Å². The van der Waals surface area contributed by atoms with Crippen LogP contribution in [0.3, 0.4) is 0 Å². The lowest BCUT2D eigenvalue weighted by atomic mass is 9.92.